The first-order valence-electron chi connectivity index (χ1n) is 7.06. The Morgan fingerprint density at radius 3 is 2.45 bits per heavy atom. The van der Waals surface area contributed by atoms with Crippen molar-refractivity contribution in [1.82, 2.24) is 19.7 Å². The minimum absolute atomic E-state index is 0.0357. The molecule has 1 heterocycles. The number of nitrogens with one attached hydrogen (secondary N) is 1. The molecule has 0 fully saturated rings. The summed E-state index contributed by atoms with van der Waals surface area (Å²) >= 11 is 0. The molecule has 0 aliphatic carbocycles. The minimum Gasteiger partial charge on any atom is -0.444 e. The standard InChI is InChI=1S/C12H19FN4O3.C2H6/c1-12(2,3)20-10(18)14-6-9(5-13)7-17-11(19)16(4)8-15-17;1-2/h5,8H,6-7H2,1-4H3,(H,14,18);1-2H3. The second-order valence-electron chi connectivity index (χ2n) is 5.30. The van der Waals surface area contributed by atoms with Crippen LogP contribution in [0.3, 0.4) is 0 Å². The SMILES string of the molecule is CC.Cn1cnn(CC(=CF)CNC(=O)OC(C)(C)C)c1=O. The van der Waals surface area contributed by atoms with Gasteiger partial charge in [-0.1, -0.05) is 13.8 Å². The smallest absolute Gasteiger partial charge is 0.407 e. The number of aryl methyl sites for hydroxylation is 1. The van der Waals surface area contributed by atoms with E-state index in [2.05, 4.69) is 10.4 Å². The van der Waals surface area contributed by atoms with E-state index >= 15 is 0 Å². The maximum absolute atomic E-state index is 12.8. The van der Waals surface area contributed by atoms with Crippen molar-refractivity contribution in [2.45, 2.75) is 46.8 Å². The van der Waals surface area contributed by atoms with Gasteiger partial charge in [-0.25, -0.2) is 18.7 Å². The number of carbonyl (C=O) groups is 1. The number of hydrogen-bond donors (Lipinski definition) is 1. The topological polar surface area (TPSA) is 78.2 Å². The Balaban J connectivity index is 0.00000211. The van der Waals surface area contributed by atoms with Gasteiger partial charge in [0.1, 0.15) is 11.9 Å². The Morgan fingerprint density at radius 1 is 1.45 bits per heavy atom. The maximum Gasteiger partial charge on any atom is 0.407 e. The fourth-order valence-electron chi connectivity index (χ4n) is 1.35. The number of amides is 1. The molecule has 1 N–H and O–H groups in total. The van der Waals surface area contributed by atoms with Gasteiger partial charge in [0, 0.05) is 13.6 Å². The quantitative estimate of drug-likeness (QED) is 0.921. The summed E-state index contributed by atoms with van der Waals surface area (Å²) in [7, 11) is 1.55. The molecule has 0 bridgehead atoms. The van der Waals surface area contributed by atoms with E-state index in [9.17, 15) is 14.0 Å². The molecule has 1 aromatic heterocycles. The van der Waals surface area contributed by atoms with Gasteiger partial charge in [-0.05, 0) is 26.3 Å². The Hall–Kier alpha value is -2.12. The number of halogens is 1. The lowest BCUT2D eigenvalue weighted by Gasteiger charge is -2.19. The van der Waals surface area contributed by atoms with E-state index in [-0.39, 0.29) is 24.4 Å². The third kappa shape index (κ3) is 7.05. The molecule has 0 spiro atoms. The predicted molar refractivity (Wildman–Crippen MR) is 82.2 cm³/mol. The Bertz CT molecular complexity index is 555. The molecule has 126 valence electrons. The van der Waals surface area contributed by atoms with Crippen LogP contribution in [0, 0.1) is 0 Å². The van der Waals surface area contributed by atoms with Crippen LogP contribution in [0.5, 0.6) is 0 Å². The number of alkyl carbamates (subject to hydrolysis) is 1. The first kappa shape index (κ1) is 19.9. The van der Waals surface area contributed by atoms with Crippen LogP contribution in [-0.4, -0.2) is 32.6 Å². The van der Waals surface area contributed by atoms with Crippen molar-refractivity contribution in [3.63, 3.8) is 0 Å². The minimum atomic E-state index is -0.648. The second kappa shape index (κ2) is 9.01. The first-order chi connectivity index (χ1) is 10.2. The van der Waals surface area contributed by atoms with Crippen LogP contribution >= 0.6 is 0 Å². The monoisotopic (exact) mass is 316 g/mol. The highest BCUT2D eigenvalue weighted by atomic mass is 19.1. The van der Waals surface area contributed by atoms with E-state index in [4.69, 9.17) is 4.74 Å². The van der Waals surface area contributed by atoms with Crippen LogP contribution in [0.25, 0.3) is 0 Å². The zero-order chi connectivity index (χ0) is 17.3. The molecule has 0 unspecified atom stereocenters. The van der Waals surface area contributed by atoms with E-state index in [0.717, 1.165) is 4.68 Å². The van der Waals surface area contributed by atoms with Gasteiger partial charge in [0.25, 0.3) is 0 Å². The van der Waals surface area contributed by atoms with Gasteiger partial charge >= 0.3 is 11.8 Å². The number of nitrogens with zero attached hydrogens (tertiary/aromatic N) is 3. The summed E-state index contributed by atoms with van der Waals surface area (Å²) < 4.78 is 20.2. The van der Waals surface area contributed by atoms with E-state index in [1.54, 1.807) is 27.8 Å². The first-order valence-corrected chi connectivity index (χ1v) is 7.06. The van der Waals surface area contributed by atoms with Crippen LogP contribution < -0.4 is 11.0 Å². The Labute approximate surface area is 129 Å². The number of carbonyl (C=O) groups excluding carboxylic acids is 1. The zero-order valence-corrected chi connectivity index (χ0v) is 14.0. The lowest BCUT2D eigenvalue weighted by molar-refractivity contribution is 0.0532. The van der Waals surface area contributed by atoms with Crippen molar-refractivity contribution in [2.75, 3.05) is 6.54 Å². The van der Waals surface area contributed by atoms with Crippen LogP contribution in [0.4, 0.5) is 9.18 Å². The summed E-state index contributed by atoms with van der Waals surface area (Å²) in [5.74, 6) is 0. The van der Waals surface area contributed by atoms with Crippen molar-refractivity contribution in [2.24, 2.45) is 7.05 Å². The molecule has 22 heavy (non-hydrogen) atoms. The van der Waals surface area contributed by atoms with Crippen molar-refractivity contribution in [3.8, 4) is 0 Å². The van der Waals surface area contributed by atoms with Gasteiger partial charge in [0.15, 0.2) is 0 Å². The molecular formula is C14H25FN4O3. The lowest BCUT2D eigenvalue weighted by atomic mass is 10.2. The molecule has 0 saturated heterocycles. The van der Waals surface area contributed by atoms with Crippen molar-refractivity contribution in [3.05, 3.63) is 28.7 Å². The molecule has 0 aliphatic rings. The van der Waals surface area contributed by atoms with E-state index in [1.807, 2.05) is 13.8 Å². The maximum atomic E-state index is 12.8. The summed E-state index contributed by atoms with van der Waals surface area (Å²) in [4.78, 5) is 23.0. The molecule has 7 nitrogen and oxygen atoms in total. The van der Waals surface area contributed by atoms with E-state index in [1.165, 1.54) is 10.9 Å². The van der Waals surface area contributed by atoms with Gasteiger partial charge in [0.2, 0.25) is 0 Å². The molecule has 0 aliphatic heterocycles. The van der Waals surface area contributed by atoms with Gasteiger partial charge < -0.3 is 10.1 Å². The fourth-order valence-corrected chi connectivity index (χ4v) is 1.35. The zero-order valence-electron chi connectivity index (χ0n) is 14.0. The molecule has 1 rings (SSSR count). The molecule has 0 saturated carbocycles. The summed E-state index contributed by atoms with van der Waals surface area (Å²) in [5.41, 5.74) is -0.778. The lowest BCUT2D eigenvalue weighted by Crippen LogP contribution is -2.34. The molecule has 0 atom stereocenters. The fraction of sp³-hybridized carbons (Fsp3) is 0.643. The Morgan fingerprint density at radius 2 is 2.05 bits per heavy atom. The molecule has 1 amide bonds. The van der Waals surface area contributed by atoms with Crippen molar-refractivity contribution < 1.29 is 13.9 Å². The van der Waals surface area contributed by atoms with Crippen LogP contribution in [0.2, 0.25) is 0 Å². The van der Waals surface area contributed by atoms with Crippen LogP contribution in [0.15, 0.2) is 23.0 Å². The third-order valence-corrected chi connectivity index (χ3v) is 2.25. The van der Waals surface area contributed by atoms with Crippen LogP contribution in [-0.2, 0) is 18.3 Å². The van der Waals surface area contributed by atoms with Crippen molar-refractivity contribution in [1.29, 1.82) is 0 Å². The molecule has 0 radical (unpaired) electrons. The summed E-state index contributed by atoms with van der Waals surface area (Å²) in [6.07, 6.45) is 1.03. The van der Waals surface area contributed by atoms with Gasteiger partial charge in [-0.2, -0.15) is 5.10 Å². The van der Waals surface area contributed by atoms with Gasteiger partial charge in [0.05, 0.1) is 12.9 Å². The van der Waals surface area contributed by atoms with Gasteiger partial charge in [-0.15, -0.1) is 0 Å². The number of rotatable bonds is 4. The van der Waals surface area contributed by atoms with E-state index in [0.29, 0.717) is 6.33 Å². The highest BCUT2D eigenvalue weighted by Gasteiger charge is 2.16. The molecule has 8 heteroatoms. The largest absolute Gasteiger partial charge is 0.444 e. The summed E-state index contributed by atoms with van der Waals surface area (Å²) in [6.45, 7) is 9.09. The predicted octanol–water partition coefficient (Wildman–Crippen LogP) is 1.99. The Kier molecular flexibility index (Phi) is 8.14. The van der Waals surface area contributed by atoms with Crippen molar-refractivity contribution >= 4 is 6.09 Å². The van der Waals surface area contributed by atoms with Gasteiger partial charge in [-0.3, -0.25) is 4.57 Å². The molecule has 0 aromatic carbocycles. The molecular weight excluding hydrogens is 291 g/mol. The molecule has 1 aromatic rings. The second-order valence-corrected chi connectivity index (χ2v) is 5.30. The third-order valence-electron chi connectivity index (χ3n) is 2.25. The number of ether oxygens (including phenoxy) is 1. The number of aromatic nitrogens is 3. The normalized spacial score (nSPS) is 11.5. The summed E-state index contributed by atoms with van der Waals surface area (Å²) in [5, 5.41) is 6.22. The average Bonchev–Trinajstić information content (AvgIpc) is 2.75. The highest BCUT2D eigenvalue weighted by Crippen LogP contribution is 2.06. The summed E-state index contributed by atoms with van der Waals surface area (Å²) in [6, 6.07) is 0. The number of hydrogen-bond acceptors (Lipinski definition) is 4. The van der Waals surface area contributed by atoms with E-state index < -0.39 is 11.7 Å². The van der Waals surface area contributed by atoms with Crippen LogP contribution in [0.1, 0.15) is 34.6 Å². The highest BCUT2D eigenvalue weighted by molar-refractivity contribution is 5.67. The average molecular weight is 316 g/mol.